The molecule has 223 valence electrons. The zero-order valence-corrected chi connectivity index (χ0v) is 29.1. The van der Waals surface area contributed by atoms with Crippen LogP contribution in [-0.2, 0) is 13.0 Å². The van der Waals surface area contributed by atoms with Gasteiger partial charge in [0.15, 0.2) is 5.82 Å². The third-order valence-corrected chi connectivity index (χ3v) is 6.92. The number of H-pyrrole nitrogens is 1. The molecule has 0 bridgehead atoms. The fourth-order valence-electron chi connectivity index (χ4n) is 5.06. The van der Waals surface area contributed by atoms with Crippen molar-refractivity contribution in [3.05, 3.63) is 111 Å². The van der Waals surface area contributed by atoms with Crippen LogP contribution in [0.4, 0.5) is 4.39 Å². The minimum atomic E-state index is -1.42. The number of aromatic nitrogens is 4. The summed E-state index contributed by atoms with van der Waals surface area (Å²) in [7, 11) is 0. The van der Waals surface area contributed by atoms with E-state index in [0.717, 1.165) is 28.7 Å². The molecule has 0 saturated heterocycles. The maximum atomic E-state index is 14.9. The van der Waals surface area contributed by atoms with Crippen molar-refractivity contribution in [1.29, 1.82) is 0 Å². The minimum Gasteiger partial charge on any atom is -0.488 e. The first-order valence-corrected chi connectivity index (χ1v) is 14.4. The van der Waals surface area contributed by atoms with E-state index in [1.807, 2.05) is 76.2 Å². The van der Waals surface area contributed by atoms with Crippen LogP contribution in [0.3, 0.4) is 0 Å². The van der Waals surface area contributed by atoms with Crippen LogP contribution in [0.5, 0.6) is 5.75 Å². The molecule has 0 amide bonds. The van der Waals surface area contributed by atoms with Crippen LogP contribution >= 0.6 is 0 Å². The van der Waals surface area contributed by atoms with E-state index in [1.165, 1.54) is 6.92 Å². The fourth-order valence-corrected chi connectivity index (χ4v) is 5.06. The van der Waals surface area contributed by atoms with Gasteiger partial charge in [0, 0.05) is 63.4 Å². The van der Waals surface area contributed by atoms with Crippen LogP contribution in [0.15, 0.2) is 86.9 Å². The van der Waals surface area contributed by atoms with E-state index in [2.05, 4.69) is 10.1 Å². The van der Waals surface area contributed by atoms with Crippen LogP contribution < -0.4 is 16.1 Å². The molecular formula is C34H35FKN4O4. The summed E-state index contributed by atoms with van der Waals surface area (Å²) in [5, 5.41) is 3.83. The van der Waals surface area contributed by atoms with E-state index in [9.17, 15) is 14.0 Å². The first-order chi connectivity index (χ1) is 20.5. The molecule has 0 spiro atoms. The third-order valence-electron chi connectivity index (χ3n) is 6.92. The van der Waals surface area contributed by atoms with Crippen molar-refractivity contribution in [2.24, 2.45) is 0 Å². The molecule has 3 aromatic carbocycles. The largest absolute Gasteiger partial charge is 0.488 e. The number of rotatable bonds is 9. The van der Waals surface area contributed by atoms with E-state index in [1.54, 1.807) is 28.8 Å². The smallest absolute Gasteiger partial charge is 0.439 e. The van der Waals surface area contributed by atoms with Gasteiger partial charge in [-0.3, -0.25) is 18.9 Å². The zero-order valence-electron chi connectivity index (χ0n) is 26.0. The Morgan fingerprint density at radius 2 is 1.59 bits per heavy atom. The minimum absolute atomic E-state index is 0. The van der Waals surface area contributed by atoms with Gasteiger partial charge in [0.2, 0.25) is 0 Å². The average molecular weight is 622 g/mol. The molecule has 2 heterocycles. The molecule has 0 aliphatic carbocycles. The number of nitrogens with one attached hydrogen (secondary N) is 1. The van der Waals surface area contributed by atoms with Gasteiger partial charge in [-0.25, -0.2) is 14.2 Å². The second kappa shape index (κ2) is 14.3. The monoisotopic (exact) mass is 621 g/mol. The number of alkyl halides is 1. The number of hydrogen-bond donors (Lipinski definition) is 1. The second-order valence-electron chi connectivity index (χ2n) is 11.5. The summed E-state index contributed by atoms with van der Waals surface area (Å²) in [6.07, 6.45) is -0.128. The SMILES string of the molecule is CCCc1nc(C(C)F)c(-c2ccc(OC(C)(C)C)cc2)c(=O)n1Cc1ccc(-c2ccccc2-c2noc(=O)[nH]2)cc1.[K]. The summed E-state index contributed by atoms with van der Waals surface area (Å²) in [6.45, 7) is 9.58. The van der Waals surface area contributed by atoms with E-state index in [0.29, 0.717) is 29.4 Å². The molecule has 1 unspecified atom stereocenters. The molecule has 0 saturated carbocycles. The summed E-state index contributed by atoms with van der Waals surface area (Å²) in [5.74, 6) is 0.939. The molecule has 0 aliphatic heterocycles. The van der Waals surface area contributed by atoms with Crippen molar-refractivity contribution >= 4 is 51.4 Å². The van der Waals surface area contributed by atoms with E-state index >= 15 is 0 Å². The Balaban J connectivity index is 0.00000442. The number of aryl methyl sites for hydroxylation is 1. The van der Waals surface area contributed by atoms with Crippen LogP contribution in [0.25, 0.3) is 33.6 Å². The summed E-state index contributed by atoms with van der Waals surface area (Å²) in [5.41, 5.74) is 3.72. The van der Waals surface area contributed by atoms with E-state index in [-0.39, 0.29) is 80.3 Å². The van der Waals surface area contributed by atoms with Crippen molar-refractivity contribution in [1.82, 2.24) is 19.7 Å². The fraction of sp³-hybridized carbons (Fsp3) is 0.294. The third kappa shape index (κ3) is 7.73. The molecule has 10 heteroatoms. The standard InChI is InChI=1S/C34H35FN4O4.K/c1-6-9-28-36-30(21(2)35)29(24-16-18-25(19-17-24)42-34(3,4)5)32(40)39(28)20-22-12-14-23(15-13-22)26-10-7-8-11-27(26)31-37-33(41)43-38-31;/h7-8,10-19,21H,6,9,20H2,1-5H3,(H,37,38,41);. The van der Waals surface area contributed by atoms with Gasteiger partial charge in [-0.2, -0.15) is 0 Å². The van der Waals surface area contributed by atoms with Crippen LogP contribution in [0.2, 0.25) is 0 Å². The predicted molar refractivity (Wildman–Crippen MR) is 171 cm³/mol. The molecule has 0 aliphatic rings. The van der Waals surface area contributed by atoms with Crippen LogP contribution in [0, 0.1) is 0 Å². The van der Waals surface area contributed by atoms with Gasteiger partial charge >= 0.3 is 5.76 Å². The molecule has 8 nitrogen and oxygen atoms in total. The van der Waals surface area contributed by atoms with Crippen molar-refractivity contribution in [3.8, 4) is 39.4 Å². The number of benzene rings is 3. The van der Waals surface area contributed by atoms with Crippen molar-refractivity contribution in [3.63, 3.8) is 0 Å². The van der Waals surface area contributed by atoms with E-state index < -0.39 is 11.9 Å². The number of nitrogens with zero attached hydrogens (tertiary/aromatic N) is 3. The molecule has 5 rings (SSSR count). The van der Waals surface area contributed by atoms with Crippen LogP contribution in [-0.4, -0.2) is 76.7 Å². The van der Waals surface area contributed by atoms with Gasteiger partial charge in [0.05, 0.1) is 17.8 Å². The molecule has 1 radical (unpaired) electrons. The van der Waals surface area contributed by atoms with Gasteiger partial charge in [0.25, 0.3) is 5.56 Å². The number of halogens is 1. The van der Waals surface area contributed by atoms with Crippen molar-refractivity contribution in [2.75, 3.05) is 0 Å². The van der Waals surface area contributed by atoms with Crippen molar-refractivity contribution < 1.29 is 13.7 Å². The first kappa shape index (κ1) is 33.7. The Bertz CT molecular complexity index is 1840. The van der Waals surface area contributed by atoms with Gasteiger partial charge in [-0.1, -0.05) is 72.7 Å². The van der Waals surface area contributed by atoms with Gasteiger partial charge < -0.3 is 4.74 Å². The number of aromatic amines is 1. The van der Waals surface area contributed by atoms with Gasteiger partial charge in [-0.05, 0) is 68.5 Å². The molecule has 1 N–H and O–H groups in total. The number of ether oxygens (including phenoxy) is 1. The molecule has 0 fully saturated rings. The summed E-state index contributed by atoms with van der Waals surface area (Å²) >= 11 is 0. The summed E-state index contributed by atoms with van der Waals surface area (Å²) in [6, 6.07) is 22.5. The Kier molecular flexibility index (Phi) is 11.0. The summed E-state index contributed by atoms with van der Waals surface area (Å²) in [4.78, 5) is 32.9. The average Bonchev–Trinajstić information content (AvgIpc) is 3.41. The topological polar surface area (TPSA) is 103 Å². The molecule has 44 heavy (non-hydrogen) atoms. The molecular weight excluding hydrogens is 586 g/mol. The Morgan fingerprint density at radius 1 is 0.955 bits per heavy atom. The second-order valence-corrected chi connectivity index (χ2v) is 11.5. The first-order valence-electron chi connectivity index (χ1n) is 14.4. The van der Waals surface area contributed by atoms with Crippen molar-refractivity contribution in [2.45, 2.75) is 65.8 Å². The Morgan fingerprint density at radius 3 is 2.16 bits per heavy atom. The molecule has 5 aromatic rings. The number of hydrogen-bond acceptors (Lipinski definition) is 6. The maximum Gasteiger partial charge on any atom is 0.439 e. The van der Waals surface area contributed by atoms with Gasteiger partial charge in [0.1, 0.15) is 23.3 Å². The van der Waals surface area contributed by atoms with Gasteiger partial charge in [-0.15, -0.1) is 0 Å². The predicted octanol–water partition coefficient (Wildman–Crippen LogP) is 6.75. The van der Waals surface area contributed by atoms with Crippen LogP contribution in [0.1, 0.15) is 64.3 Å². The van der Waals surface area contributed by atoms with E-state index in [4.69, 9.17) is 14.2 Å². The molecule has 2 aromatic heterocycles. The Labute approximate surface area is 298 Å². The summed E-state index contributed by atoms with van der Waals surface area (Å²) < 4.78 is 27.2. The zero-order chi connectivity index (χ0) is 30.7. The normalized spacial score (nSPS) is 12.0. The quantitative estimate of drug-likeness (QED) is 0.183. The Hall–Kier alpha value is -3.15. The maximum absolute atomic E-state index is 14.9. The molecule has 1 atom stereocenters.